The summed E-state index contributed by atoms with van der Waals surface area (Å²) in [6.07, 6.45) is 1.99. The van der Waals surface area contributed by atoms with Crippen LogP contribution < -0.4 is 0 Å². The van der Waals surface area contributed by atoms with E-state index in [1.807, 2.05) is 98.8 Å². The largest absolute Gasteiger partial charge is 0.295 e. The van der Waals surface area contributed by atoms with Crippen molar-refractivity contribution in [2.75, 3.05) is 0 Å². The predicted octanol–water partition coefficient (Wildman–Crippen LogP) is 9.10. The number of Topliss-reactive ketones (excluding diaryl/α,β-unsaturated/α-hetero) is 3. The predicted molar refractivity (Wildman–Crippen MR) is 163 cm³/mol. The lowest BCUT2D eigenvalue weighted by Crippen LogP contribution is -2.06. The van der Waals surface area contributed by atoms with Gasteiger partial charge in [-0.15, -0.1) is 0 Å². The Balaban J connectivity index is 0.000000216. The van der Waals surface area contributed by atoms with E-state index < -0.39 is 0 Å². The minimum Gasteiger partial charge on any atom is -0.295 e. The molecule has 0 heterocycles. The van der Waals surface area contributed by atoms with Crippen molar-refractivity contribution in [3.05, 3.63) is 131 Å². The molecule has 202 valence electrons. The molecule has 0 radical (unpaired) electrons. The van der Waals surface area contributed by atoms with Crippen molar-refractivity contribution in [2.24, 2.45) is 5.92 Å². The molecule has 0 N–H and O–H groups in total. The van der Waals surface area contributed by atoms with E-state index in [0.29, 0.717) is 0 Å². The van der Waals surface area contributed by atoms with Gasteiger partial charge in [-0.3, -0.25) is 14.4 Å². The Morgan fingerprint density at radius 3 is 1.36 bits per heavy atom. The number of aryl methyl sites for hydroxylation is 2. The van der Waals surface area contributed by atoms with E-state index in [-0.39, 0.29) is 23.3 Å². The quantitative estimate of drug-likeness (QED) is 0.228. The molecule has 0 aliphatic carbocycles. The fourth-order valence-electron chi connectivity index (χ4n) is 3.84. The molecular formula is C36H40O3. The summed E-state index contributed by atoms with van der Waals surface area (Å²) >= 11 is 0. The van der Waals surface area contributed by atoms with Crippen molar-refractivity contribution in [3.63, 3.8) is 0 Å². The van der Waals surface area contributed by atoms with Crippen molar-refractivity contribution < 1.29 is 14.4 Å². The molecule has 3 heteroatoms. The first-order chi connectivity index (χ1) is 18.7. The number of ketones is 3. The maximum Gasteiger partial charge on any atom is 0.165 e. The zero-order valence-corrected chi connectivity index (χ0v) is 24.0. The summed E-state index contributed by atoms with van der Waals surface area (Å²) in [5, 5.41) is 0. The molecule has 0 aromatic heterocycles. The van der Waals surface area contributed by atoms with E-state index in [9.17, 15) is 14.4 Å². The normalized spacial score (nSPS) is 10.0. The van der Waals surface area contributed by atoms with E-state index in [2.05, 4.69) is 32.0 Å². The van der Waals surface area contributed by atoms with Gasteiger partial charge in [0.15, 0.2) is 17.3 Å². The minimum atomic E-state index is 0.0533. The molecule has 4 rings (SSSR count). The molecule has 0 saturated carbocycles. The van der Waals surface area contributed by atoms with Gasteiger partial charge in [0, 0.05) is 22.6 Å². The maximum absolute atomic E-state index is 11.8. The van der Waals surface area contributed by atoms with Crippen LogP contribution in [0.4, 0.5) is 0 Å². The SMILES string of the molecule is CC(=O)c1ccccc1.CC(C)C(=O)c1ccc(-c2ccccc2)cc1.CCc1cc(CC)cc(C(C)=O)c1. The summed E-state index contributed by atoms with van der Waals surface area (Å²) in [6, 6.07) is 33.4. The van der Waals surface area contributed by atoms with Crippen molar-refractivity contribution in [1.29, 1.82) is 0 Å². The van der Waals surface area contributed by atoms with Gasteiger partial charge in [-0.25, -0.2) is 0 Å². The van der Waals surface area contributed by atoms with Gasteiger partial charge in [0.1, 0.15) is 0 Å². The number of carbonyl (C=O) groups is 3. The summed E-state index contributed by atoms with van der Waals surface area (Å²) in [4.78, 5) is 33.6. The topological polar surface area (TPSA) is 51.2 Å². The molecule has 3 nitrogen and oxygen atoms in total. The zero-order valence-electron chi connectivity index (χ0n) is 24.0. The number of benzene rings is 4. The second-order valence-corrected chi connectivity index (χ2v) is 9.69. The maximum atomic E-state index is 11.8. The third kappa shape index (κ3) is 10.3. The molecule has 0 aliphatic rings. The van der Waals surface area contributed by atoms with E-state index >= 15 is 0 Å². The summed E-state index contributed by atoms with van der Waals surface area (Å²) in [5.41, 5.74) is 7.24. The summed E-state index contributed by atoms with van der Waals surface area (Å²) < 4.78 is 0. The summed E-state index contributed by atoms with van der Waals surface area (Å²) in [6.45, 7) is 11.3. The fourth-order valence-corrected chi connectivity index (χ4v) is 3.84. The molecule has 0 spiro atoms. The van der Waals surface area contributed by atoms with E-state index in [4.69, 9.17) is 0 Å². The van der Waals surface area contributed by atoms with Gasteiger partial charge in [0.05, 0.1) is 0 Å². The first-order valence-corrected chi connectivity index (χ1v) is 13.6. The number of rotatable bonds is 7. The van der Waals surface area contributed by atoms with Gasteiger partial charge in [-0.05, 0) is 61.1 Å². The average Bonchev–Trinajstić information content (AvgIpc) is 2.98. The van der Waals surface area contributed by atoms with Gasteiger partial charge in [0.25, 0.3) is 0 Å². The molecule has 0 saturated heterocycles. The third-order valence-electron chi connectivity index (χ3n) is 6.26. The standard InChI is InChI=1S/C16H16O.C12H16O.C8H8O/c1-12(2)16(17)15-10-8-14(9-11-15)13-6-4-3-5-7-13;1-4-10-6-11(5-2)8-12(7-10)9(3)13;1-7(9)8-5-3-2-4-6-8/h3-12H,1-2H3;6-8H,4-5H2,1-3H3;2-6H,1H3. The average molecular weight is 521 g/mol. The summed E-state index contributed by atoms with van der Waals surface area (Å²) in [5.74, 6) is 0.530. The minimum absolute atomic E-state index is 0.0533. The van der Waals surface area contributed by atoms with Crippen molar-refractivity contribution in [2.45, 2.75) is 54.4 Å². The molecule has 0 amide bonds. The fraction of sp³-hybridized carbons (Fsp3) is 0.250. The molecule has 0 aliphatic heterocycles. The van der Waals surface area contributed by atoms with Crippen LogP contribution in [-0.2, 0) is 12.8 Å². The van der Waals surface area contributed by atoms with Gasteiger partial charge in [-0.2, -0.15) is 0 Å². The smallest absolute Gasteiger partial charge is 0.165 e. The summed E-state index contributed by atoms with van der Waals surface area (Å²) in [7, 11) is 0. The number of hydrogen-bond acceptors (Lipinski definition) is 3. The Morgan fingerprint density at radius 2 is 0.974 bits per heavy atom. The van der Waals surface area contributed by atoms with Gasteiger partial charge < -0.3 is 0 Å². The molecular weight excluding hydrogens is 480 g/mol. The lowest BCUT2D eigenvalue weighted by Gasteiger charge is -2.06. The monoisotopic (exact) mass is 520 g/mol. The van der Waals surface area contributed by atoms with Crippen LogP contribution in [0.5, 0.6) is 0 Å². The molecule has 0 unspecified atom stereocenters. The molecule has 0 bridgehead atoms. The van der Waals surface area contributed by atoms with Crippen LogP contribution in [0.1, 0.15) is 83.7 Å². The van der Waals surface area contributed by atoms with E-state index in [1.54, 1.807) is 13.8 Å². The molecule has 4 aromatic carbocycles. The Hall–Kier alpha value is -4.11. The number of hydrogen-bond donors (Lipinski definition) is 0. The van der Waals surface area contributed by atoms with Crippen LogP contribution in [0.15, 0.2) is 103 Å². The zero-order chi connectivity index (χ0) is 28.8. The molecule has 0 fully saturated rings. The van der Waals surface area contributed by atoms with Gasteiger partial charge in [-0.1, -0.05) is 119 Å². The van der Waals surface area contributed by atoms with Crippen molar-refractivity contribution >= 4 is 17.3 Å². The van der Waals surface area contributed by atoms with Crippen molar-refractivity contribution in [3.8, 4) is 11.1 Å². The third-order valence-corrected chi connectivity index (χ3v) is 6.26. The van der Waals surface area contributed by atoms with Crippen LogP contribution in [0.25, 0.3) is 11.1 Å². The van der Waals surface area contributed by atoms with Crippen LogP contribution >= 0.6 is 0 Å². The van der Waals surface area contributed by atoms with Crippen LogP contribution in [0.2, 0.25) is 0 Å². The highest BCUT2D eigenvalue weighted by molar-refractivity contribution is 5.97. The lowest BCUT2D eigenvalue weighted by atomic mass is 9.98. The van der Waals surface area contributed by atoms with Crippen molar-refractivity contribution in [1.82, 2.24) is 0 Å². The highest BCUT2D eigenvalue weighted by atomic mass is 16.1. The van der Waals surface area contributed by atoms with Crippen LogP contribution in [0.3, 0.4) is 0 Å². The highest BCUT2D eigenvalue weighted by Gasteiger charge is 2.10. The number of carbonyl (C=O) groups excluding carboxylic acids is 3. The molecule has 4 aromatic rings. The molecule has 39 heavy (non-hydrogen) atoms. The second kappa shape index (κ2) is 16.0. The highest BCUT2D eigenvalue weighted by Crippen LogP contribution is 2.20. The molecule has 0 atom stereocenters. The Bertz CT molecular complexity index is 1310. The van der Waals surface area contributed by atoms with Gasteiger partial charge >= 0.3 is 0 Å². The first-order valence-electron chi connectivity index (χ1n) is 13.6. The van der Waals surface area contributed by atoms with Crippen LogP contribution in [0, 0.1) is 5.92 Å². The Labute approximate surface area is 233 Å². The lowest BCUT2D eigenvalue weighted by molar-refractivity contribution is 0.0938. The van der Waals surface area contributed by atoms with Crippen LogP contribution in [-0.4, -0.2) is 17.3 Å². The van der Waals surface area contributed by atoms with E-state index in [1.165, 1.54) is 16.7 Å². The second-order valence-electron chi connectivity index (χ2n) is 9.69. The Kier molecular flexibility index (Phi) is 12.8. The first kappa shape index (κ1) is 31.1. The van der Waals surface area contributed by atoms with Gasteiger partial charge in [0.2, 0.25) is 0 Å². The van der Waals surface area contributed by atoms with E-state index in [0.717, 1.165) is 35.1 Å². The Morgan fingerprint density at radius 1 is 0.538 bits per heavy atom.